The Hall–Kier alpha value is -3.86. The predicted octanol–water partition coefficient (Wildman–Crippen LogP) is 6.61. The van der Waals surface area contributed by atoms with Crippen molar-refractivity contribution in [3.8, 4) is 5.75 Å². The molecule has 0 bridgehead atoms. The van der Waals surface area contributed by atoms with Crippen LogP contribution in [0.15, 0.2) is 72.4 Å². The van der Waals surface area contributed by atoms with E-state index in [0.29, 0.717) is 35.1 Å². The van der Waals surface area contributed by atoms with Crippen LogP contribution in [0.1, 0.15) is 55.4 Å². The van der Waals surface area contributed by atoms with Gasteiger partial charge in [-0.3, -0.25) is 9.59 Å². The summed E-state index contributed by atoms with van der Waals surface area (Å²) in [6.07, 6.45) is 0.821. The minimum absolute atomic E-state index is 0.265. The molecule has 0 atom stereocenters. The Labute approximate surface area is 207 Å². The van der Waals surface area contributed by atoms with Gasteiger partial charge in [0.1, 0.15) is 11.4 Å². The van der Waals surface area contributed by atoms with Crippen LogP contribution in [0.4, 0.5) is 11.4 Å². The number of hydrogen-bond acceptors (Lipinski definition) is 4. The van der Waals surface area contributed by atoms with Crippen LogP contribution < -0.4 is 15.0 Å². The van der Waals surface area contributed by atoms with E-state index < -0.39 is 5.91 Å². The lowest BCUT2D eigenvalue weighted by molar-refractivity contribution is -0.120. The number of para-hydroxylation sites is 2. The molecule has 5 nitrogen and oxygen atoms in total. The second kappa shape index (κ2) is 10.2. The van der Waals surface area contributed by atoms with Gasteiger partial charge in [0.15, 0.2) is 0 Å². The topological polar surface area (TPSA) is 58.6 Å². The van der Waals surface area contributed by atoms with Crippen molar-refractivity contribution in [3.05, 3.63) is 94.7 Å². The van der Waals surface area contributed by atoms with Crippen molar-refractivity contribution >= 4 is 28.8 Å². The van der Waals surface area contributed by atoms with Gasteiger partial charge in [0.25, 0.3) is 11.8 Å². The number of imide groups is 1. The largest absolute Gasteiger partial charge is 0.491 e. The summed E-state index contributed by atoms with van der Waals surface area (Å²) >= 11 is 0. The van der Waals surface area contributed by atoms with E-state index in [1.54, 1.807) is 18.2 Å². The summed E-state index contributed by atoms with van der Waals surface area (Å²) in [6, 6.07) is 21.0. The van der Waals surface area contributed by atoms with Crippen LogP contribution in [-0.2, 0) is 9.59 Å². The van der Waals surface area contributed by atoms with E-state index in [1.165, 1.54) is 10.5 Å². The number of nitrogens with zero attached hydrogens (tertiary/aromatic N) is 1. The van der Waals surface area contributed by atoms with Crippen molar-refractivity contribution in [2.24, 2.45) is 0 Å². The van der Waals surface area contributed by atoms with Gasteiger partial charge in [0.2, 0.25) is 0 Å². The zero-order valence-electron chi connectivity index (χ0n) is 21.0. The number of amides is 2. The molecule has 1 heterocycles. The zero-order chi connectivity index (χ0) is 25.1. The van der Waals surface area contributed by atoms with Crippen molar-refractivity contribution in [3.63, 3.8) is 0 Å². The third kappa shape index (κ3) is 4.85. The second-order valence-corrected chi connectivity index (χ2v) is 9.21. The molecule has 0 aliphatic carbocycles. The van der Waals surface area contributed by atoms with E-state index >= 15 is 0 Å². The highest BCUT2D eigenvalue weighted by Gasteiger charge is 2.41. The lowest BCUT2D eigenvalue weighted by atomic mass is 9.99. The number of rotatable bonds is 8. The minimum atomic E-state index is -0.399. The first-order chi connectivity index (χ1) is 16.8. The quantitative estimate of drug-likeness (QED) is 0.378. The van der Waals surface area contributed by atoms with Gasteiger partial charge in [-0.1, -0.05) is 63.2 Å². The van der Waals surface area contributed by atoms with Gasteiger partial charge in [0.05, 0.1) is 17.9 Å². The van der Waals surface area contributed by atoms with Gasteiger partial charge in [-0.05, 0) is 72.7 Å². The number of anilines is 2. The first-order valence-corrected chi connectivity index (χ1v) is 12.1. The Bertz CT molecular complexity index is 1290. The molecule has 4 rings (SSSR count). The van der Waals surface area contributed by atoms with Crippen LogP contribution in [0.2, 0.25) is 0 Å². The van der Waals surface area contributed by atoms with Gasteiger partial charge in [-0.2, -0.15) is 0 Å². The molecule has 3 aromatic carbocycles. The predicted molar refractivity (Wildman–Crippen MR) is 142 cm³/mol. The Balaban J connectivity index is 1.80. The van der Waals surface area contributed by atoms with Gasteiger partial charge in [-0.25, -0.2) is 4.90 Å². The van der Waals surface area contributed by atoms with E-state index in [4.69, 9.17) is 4.74 Å². The third-order valence-electron chi connectivity index (χ3n) is 6.29. The van der Waals surface area contributed by atoms with Crippen LogP contribution >= 0.6 is 0 Å². The first kappa shape index (κ1) is 24.3. The van der Waals surface area contributed by atoms with Crippen molar-refractivity contribution < 1.29 is 14.3 Å². The van der Waals surface area contributed by atoms with Gasteiger partial charge in [0, 0.05) is 5.69 Å². The molecule has 5 heteroatoms. The summed E-state index contributed by atoms with van der Waals surface area (Å²) in [4.78, 5) is 28.8. The molecule has 0 aromatic heterocycles. The number of hydrogen-bond donors (Lipinski definition) is 1. The summed E-state index contributed by atoms with van der Waals surface area (Å²) in [6.45, 7) is 10.8. The number of carbonyl (C=O) groups is 2. The smallest absolute Gasteiger partial charge is 0.282 e. The summed E-state index contributed by atoms with van der Waals surface area (Å²) < 4.78 is 5.88. The summed E-state index contributed by atoms with van der Waals surface area (Å²) in [5.74, 6) is 0.146. The summed E-state index contributed by atoms with van der Waals surface area (Å²) in [7, 11) is 0. The second-order valence-electron chi connectivity index (χ2n) is 9.21. The Morgan fingerprint density at radius 2 is 1.60 bits per heavy atom. The van der Waals surface area contributed by atoms with E-state index in [1.807, 2.05) is 69.3 Å². The molecule has 0 radical (unpaired) electrons. The molecule has 0 fully saturated rings. The maximum absolute atomic E-state index is 13.8. The maximum Gasteiger partial charge on any atom is 0.282 e. The Morgan fingerprint density at radius 3 is 2.26 bits per heavy atom. The van der Waals surface area contributed by atoms with Crippen LogP contribution in [0, 0.1) is 13.8 Å². The number of benzene rings is 3. The van der Waals surface area contributed by atoms with Gasteiger partial charge < -0.3 is 10.1 Å². The average Bonchev–Trinajstić information content (AvgIpc) is 3.09. The molecule has 35 heavy (non-hydrogen) atoms. The summed E-state index contributed by atoms with van der Waals surface area (Å²) in [5.41, 5.74) is 5.92. The van der Waals surface area contributed by atoms with Crippen LogP contribution in [0.5, 0.6) is 5.75 Å². The lowest BCUT2D eigenvalue weighted by Crippen LogP contribution is -2.32. The highest BCUT2D eigenvalue weighted by atomic mass is 16.5. The number of ether oxygens (including phenoxy) is 1. The van der Waals surface area contributed by atoms with Crippen molar-refractivity contribution in [1.82, 2.24) is 0 Å². The highest BCUT2D eigenvalue weighted by molar-refractivity contribution is 6.46. The fourth-order valence-electron chi connectivity index (χ4n) is 4.10. The molecule has 1 aliphatic rings. The van der Waals surface area contributed by atoms with Crippen molar-refractivity contribution in [1.29, 1.82) is 0 Å². The highest BCUT2D eigenvalue weighted by Crippen LogP contribution is 2.38. The molecule has 1 N–H and O–H groups in total. The van der Waals surface area contributed by atoms with Crippen LogP contribution in [-0.4, -0.2) is 18.4 Å². The van der Waals surface area contributed by atoms with Crippen LogP contribution in [0.3, 0.4) is 0 Å². The monoisotopic (exact) mass is 468 g/mol. The first-order valence-electron chi connectivity index (χ1n) is 12.1. The molecule has 0 unspecified atom stereocenters. The molecular weight excluding hydrogens is 436 g/mol. The normalized spacial score (nSPS) is 13.7. The Morgan fingerprint density at radius 1 is 0.886 bits per heavy atom. The number of carbonyl (C=O) groups excluding carboxylic acids is 2. The fourth-order valence-corrected chi connectivity index (χ4v) is 4.10. The van der Waals surface area contributed by atoms with Gasteiger partial charge in [-0.15, -0.1) is 0 Å². The van der Waals surface area contributed by atoms with Crippen molar-refractivity contribution in [2.75, 3.05) is 16.8 Å². The van der Waals surface area contributed by atoms with Crippen LogP contribution in [0.25, 0.3) is 5.57 Å². The lowest BCUT2D eigenvalue weighted by Gasteiger charge is -2.19. The molecule has 180 valence electrons. The molecular formula is C30H32N2O3. The van der Waals surface area contributed by atoms with E-state index in [-0.39, 0.29) is 11.6 Å². The summed E-state index contributed by atoms with van der Waals surface area (Å²) in [5, 5.41) is 3.26. The van der Waals surface area contributed by atoms with E-state index in [0.717, 1.165) is 23.2 Å². The molecule has 2 amide bonds. The fraction of sp³-hybridized carbons (Fsp3) is 0.267. The van der Waals surface area contributed by atoms with E-state index in [9.17, 15) is 9.59 Å². The molecule has 0 saturated heterocycles. The van der Waals surface area contributed by atoms with E-state index in [2.05, 4.69) is 19.2 Å². The average molecular weight is 469 g/mol. The molecule has 1 aliphatic heterocycles. The number of nitrogens with one attached hydrogen (secondary N) is 1. The molecule has 3 aromatic rings. The Kier molecular flexibility index (Phi) is 7.06. The zero-order valence-corrected chi connectivity index (χ0v) is 21.0. The molecule has 0 saturated carbocycles. The number of aryl methyl sites for hydroxylation is 2. The minimum Gasteiger partial charge on any atom is -0.491 e. The molecule has 0 spiro atoms. The van der Waals surface area contributed by atoms with Gasteiger partial charge >= 0.3 is 0 Å². The maximum atomic E-state index is 13.8. The van der Waals surface area contributed by atoms with Crippen molar-refractivity contribution in [2.45, 2.75) is 47.0 Å². The SMILES string of the molecule is CCCOc1ccccc1N1C(=O)C(Nc2ccc(C(C)C)cc2)=C(c2ccc(C)c(C)c2)C1=O. The standard InChI is InChI=1S/C30H32N2O3/c1-6-17-35-26-10-8-7-9-25(26)32-29(33)27(23-12-11-20(4)21(5)18-23)28(30(32)34)31-24-15-13-22(14-16-24)19(2)3/h7-16,18-19,31H,6,17H2,1-5H3. The third-order valence-corrected chi connectivity index (χ3v) is 6.29.